The molecule has 0 aliphatic rings. The molecule has 1 atom stereocenters. The number of nitrogens with zero attached hydrogens (tertiary/aromatic N) is 2. The molecule has 0 fully saturated rings. The smallest absolute Gasteiger partial charge is 0.0787 e. The fraction of sp³-hybridized carbons (Fsp3) is 0.308. The molecule has 1 N–H and O–H groups in total. The highest BCUT2D eigenvalue weighted by molar-refractivity contribution is 9.10. The maximum Gasteiger partial charge on any atom is 0.0787 e. The van der Waals surface area contributed by atoms with Crippen molar-refractivity contribution < 1.29 is 0 Å². The monoisotopic (exact) mass is 293 g/mol. The zero-order valence-electron chi connectivity index (χ0n) is 10.0. The van der Waals surface area contributed by atoms with Crippen molar-refractivity contribution in [1.29, 1.82) is 0 Å². The Morgan fingerprint density at radius 2 is 2.29 bits per heavy atom. The molecule has 0 spiro atoms. The van der Waals surface area contributed by atoms with Crippen LogP contribution in [0.3, 0.4) is 0 Å². The summed E-state index contributed by atoms with van der Waals surface area (Å²) in [4.78, 5) is 0. The number of hydrogen-bond donors (Lipinski definition) is 1. The molecular weight excluding hydrogens is 278 g/mol. The van der Waals surface area contributed by atoms with Crippen LogP contribution in [0.15, 0.2) is 41.1 Å². The Bertz CT molecular complexity index is 479. The van der Waals surface area contributed by atoms with Gasteiger partial charge in [0, 0.05) is 22.9 Å². The number of aromatic nitrogens is 2. The van der Waals surface area contributed by atoms with Crippen molar-refractivity contribution in [2.45, 2.75) is 19.9 Å². The van der Waals surface area contributed by atoms with Crippen LogP contribution < -0.4 is 5.32 Å². The molecule has 0 radical (unpaired) electrons. The van der Waals surface area contributed by atoms with Gasteiger partial charge in [-0.25, -0.2) is 4.68 Å². The van der Waals surface area contributed by atoms with Crippen LogP contribution >= 0.6 is 15.9 Å². The molecule has 0 saturated heterocycles. The minimum absolute atomic E-state index is 0.364. The topological polar surface area (TPSA) is 29.9 Å². The summed E-state index contributed by atoms with van der Waals surface area (Å²) in [6, 6.07) is 8.64. The van der Waals surface area contributed by atoms with Gasteiger partial charge in [-0.2, -0.15) is 5.10 Å². The highest BCUT2D eigenvalue weighted by Gasteiger charge is 2.08. The number of nitrogens with one attached hydrogen (secondary N) is 1. The normalized spacial score (nSPS) is 12.6. The molecule has 2 aromatic rings. The van der Waals surface area contributed by atoms with Crippen LogP contribution in [0.5, 0.6) is 0 Å². The second-order valence-corrected chi connectivity index (χ2v) is 4.80. The maximum atomic E-state index is 4.23. The van der Waals surface area contributed by atoms with Gasteiger partial charge in [-0.05, 0) is 53.2 Å². The Hall–Kier alpha value is -1.13. The van der Waals surface area contributed by atoms with Gasteiger partial charge >= 0.3 is 0 Å². The molecule has 1 aromatic heterocycles. The van der Waals surface area contributed by atoms with E-state index in [9.17, 15) is 0 Å². The van der Waals surface area contributed by atoms with Gasteiger partial charge in [-0.3, -0.25) is 0 Å². The molecule has 2 rings (SSSR count). The van der Waals surface area contributed by atoms with Crippen LogP contribution in [0.2, 0.25) is 0 Å². The molecule has 1 heterocycles. The first-order valence-electron chi connectivity index (χ1n) is 5.75. The van der Waals surface area contributed by atoms with E-state index in [-0.39, 0.29) is 0 Å². The molecule has 17 heavy (non-hydrogen) atoms. The third-order valence-electron chi connectivity index (χ3n) is 2.73. The first-order valence-corrected chi connectivity index (χ1v) is 6.54. The first-order chi connectivity index (χ1) is 8.22. The Labute approximate surface area is 110 Å². The van der Waals surface area contributed by atoms with E-state index in [0.717, 1.165) is 16.7 Å². The fourth-order valence-corrected chi connectivity index (χ4v) is 2.39. The maximum absolute atomic E-state index is 4.23. The summed E-state index contributed by atoms with van der Waals surface area (Å²) in [5.41, 5.74) is 2.33. The van der Waals surface area contributed by atoms with Gasteiger partial charge < -0.3 is 5.32 Å². The molecular formula is C13H16BrN3. The summed E-state index contributed by atoms with van der Waals surface area (Å²) < 4.78 is 2.91. The summed E-state index contributed by atoms with van der Waals surface area (Å²) in [7, 11) is 0. The second-order valence-electron chi connectivity index (χ2n) is 3.94. The quantitative estimate of drug-likeness (QED) is 0.937. The van der Waals surface area contributed by atoms with Crippen molar-refractivity contribution in [1.82, 2.24) is 15.1 Å². The number of benzene rings is 1. The van der Waals surface area contributed by atoms with Gasteiger partial charge in [0.1, 0.15) is 0 Å². The van der Waals surface area contributed by atoms with Crippen molar-refractivity contribution in [2.75, 3.05) is 6.54 Å². The molecule has 1 aromatic carbocycles. The van der Waals surface area contributed by atoms with Crippen LogP contribution in [-0.2, 0) is 0 Å². The van der Waals surface area contributed by atoms with E-state index in [1.54, 1.807) is 6.20 Å². The van der Waals surface area contributed by atoms with Crippen LogP contribution in [-0.4, -0.2) is 16.3 Å². The van der Waals surface area contributed by atoms with Crippen molar-refractivity contribution in [3.05, 3.63) is 46.7 Å². The minimum atomic E-state index is 0.364. The molecule has 1 unspecified atom stereocenters. The van der Waals surface area contributed by atoms with Crippen LogP contribution in [0.4, 0.5) is 0 Å². The van der Waals surface area contributed by atoms with Gasteiger partial charge in [-0.1, -0.05) is 13.0 Å². The van der Waals surface area contributed by atoms with E-state index in [0.29, 0.717) is 6.04 Å². The largest absolute Gasteiger partial charge is 0.310 e. The molecule has 0 aliphatic heterocycles. The lowest BCUT2D eigenvalue weighted by molar-refractivity contribution is 0.597. The average molecular weight is 294 g/mol. The summed E-state index contributed by atoms with van der Waals surface area (Å²) >= 11 is 3.60. The molecule has 0 aliphatic carbocycles. The Morgan fingerprint density at radius 3 is 2.88 bits per heavy atom. The Kier molecular flexibility index (Phi) is 3.97. The number of hydrogen-bond acceptors (Lipinski definition) is 2. The standard InChI is InChI=1S/C13H16BrN3/c1-3-15-10(2)11-5-6-13(12(14)9-11)17-8-4-7-16-17/h4-10,15H,3H2,1-2H3. The van der Waals surface area contributed by atoms with E-state index in [1.807, 2.05) is 16.9 Å². The fourth-order valence-electron chi connectivity index (χ4n) is 1.81. The lowest BCUT2D eigenvalue weighted by atomic mass is 10.1. The van der Waals surface area contributed by atoms with Gasteiger partial charge in [0.05, 0.1) is 5.69 Å². The van der Waals surface area contributed by atoms with Gasteiger partial charge in [0.2, 0.25) is 0 Å². The summed E-state index contributed by atoms with van der Waals surface area (Å²) in [5, 5.41) is 7.63. The summed E-state index contributed by atoms with van der Waals surface area (Å²) in [6.45, 7) is 5.25. The van der Waals surface area contributed by atoms with E-state index in [1.165, 1.54) is 5.56 Å². The van der Waals surface area contributed by atoms with Gasteiger partial charge in [0.25, 0.3) is 0 Å². The van der Waals surface area contributed by atoms with Crippen molar-refractivity contribution >= 4 is 15.9 Å². The minimum Gasteiger partial charge on any atom is -0.310 e. The van der Waals surface area contributed by atoms with Crippen molar-refractivity contribution in [2.24, 2.45) is 0 Å². The van der Waals surface area contributed by atoms with Gasteiger partial charge in [-0.15, -0.1) is 0 Å². The van der Waals surface area contributed by atoms with Crippen molar-refractivity contribution in [3.8, 4) is 5.69 Å². The first kappa shape index (κ1) is 12.3. The molecule has 90 valence electrons. The lowest BCUT2D eigenvalue weighted by Gasteiger charge is -2.14. The van der Waals surface area contributed by atoms with Crippen LogP contribution in [0.25, 0.3) is 5.69 Å². The average Bonchev–Trinajstić information content (AvgIpc) is 2.82. The molecule has 0 saturated carbocycles. The third-order valence-corrected chi connectivity index (χ3v) is 3.37. The zero-order valence-corrected chi connectivity index (χ0v) is 11.6. The molecule has 4 heteroatoms. The zero-order chi connectivity index (χ0) is 12.3. The summed E-state index contributed by atoms with van der Waals surface area (Å²) in [5.74, 6) is 0. The second kappa shape index (κ2) is 5.47. The van der Waals surface area contributed by atoms with E-state index < -0.39 is 0 Å². The van der Waals surface area contributed by atoms with Gasteiger partial charge in [0.15, 0.2) is 0 Å². The molecule has 0 amide bonds. The predicted molar refractivity (Wildman–Crippen MR) is 73.4 cm³/mol. The molecule has 3 nitrogen and oxygen atoms in total. The number of rotatable bonds is 4. The Balaban J connectivity index is 2.29. The summed E-state index contributed by atoms with van der Waals surface area (Å²) in [6.07, 6.45) is 3.72. The molecule has 0 bridgehead atoms. The highest BCUT2D eigenvalue weighted by Crippen LogP contribution is 2.24. The number of halogens is 1. The van der Waals surface area contributed by atoms with Crippen molar-refractivity contribution in [3.63, 3.8) is 0 Å². The third kappa shape index (κ3) is 2.76. The van der Waals surface area contributed by atoms with E-state index >= 15 is 0 Å². The van der Waals surface area contributed by atoms with Crippen LogP contribution in [0.1, 0.15) is 25.5 Å². The van der Waals surface area contributed by atoms with E-state index in [4.69, 9.17) is 0 Å². The van der Waals surface area contributed by atoms with Crippen LogP contribution in [0, 0.1) is 0 Å². The Morgan fingerprint density at radius 1 is 1.47 bits per heavy atom. The predicted octanol–water partition coefficient (Wildman–Crippen LogP) is 3.31. The lowest BCUT2D eigenvalue weighted by Crippen LogP contribution is -2.17. The van der Waals surface area contributed by atoms with E-state index in [2.05, 4.69) is 58.4 Å². The highest BCUT2D eigenvalue weighted by atomic mass is 79.9. The SMILES string of the molecule is CCNC(C)c1ccc(-n2cccn2)c(Br)c1.